The van der Waals surface area contributed by atoms with Crippen molar-refractivity contribution >= 4 is 23.8 Å². The first-order valence-corrected chi connectivity index (χ1v) is 11.8. The average Bonchev–Trinajstić information content (AvgIpc) is 3.10. The van der Waals surface area contributed by atoms with Gasteiger partial charge in [0.25, 0.3) is 11.8 Å². The number of nitrogens with zero attached hydrogens (tertiary/aromatic N) is 2. The minimum atomic E-state index is -1.07. The predicted molar refractivity (Wildman–Crippen MR) is 125 cm³/mol. The molecule has 0 saturated carbocycles. The van der Waals surface area contributed by atoms with Crippen LogP contribution in [0.25, 0.3) is 0 Å². The van der Waals surface area contributed by atoms with Crippen molar-refractivity contribution in [3.05, 3.63) is 71.3 Å². The lowest BCUT2D eigenvalue weighted by Gasteiger charge is -2.34. The van der Waals surface area contributed by atoms with Crippen LogP contribution >= 0.6 is 0 Å². The number of carbonyl (C=O) groups is 4. The van der Waals surface area contributed by atoms with E-state index in [0.29, 0.717) is 37.9 Å². The van der Waals surface area contributed by atoms with Gasteiger partial charge in [-0.1, -0.05) is 42.5 Å². The third-order valence-corrected chi connectivity index (χ3v) is 7.16. The van der Waals surface area contributed by atoms with Gasteiger partial charge < -0.3 is 15.5 Å². The van der Waals surface area contributed by atoms with E-state index in [1.54, 1.807) is 17.0 Å². The molecular formula is C26H28N4O4. The minimum Gasteiger partial charge on any atom is -0.349 e. The summed E-state index contributed by atoms with van der Waals surface area (Å²) in [6.45, 7) is 0.669. The van der Waals surface area contributed by atoms with Crippen LogP contribution < -0.4 is 10.6 Å². The number of urea groups is 1. The molecule has 5 rings (SSSR count). The molecule has 3 aliphatic rings. The molecule has 2 saturated heterocycles. The van der Waals surface area contributed by atoms with Crippen LogP contribution in [0.1, 0.15) is 47.2 Å². The standard InChI is InChI=1S/C26H28N4O4/c31-22(29-15-12-20(13-16-29)27-23(32)19-8-2-1-3-9-19)17-30-24(33)26(28-25(30)34)14-6-10-18-7-4-5-11-21(18)26/h1-5,7-9,11,20H,6,10,12-17H2,(H,27,32)(H,28,34)/t26-/m0/s1. The Morgan fingerprint density at radius 1 is 1.00 bits per heavy atom. The maximum absolute atomic E-state index is 13.4. The first kappa shape index (κ1) is 22.1. The Bertz CT molecular complexity index is 1130. The molecule has 2 heterocycles. The Labute approximate surface area is 198 Å². The second-order valence-corrected chi connectivity index (χ2v) is 9.23. The number of piperidine rings is 1. The monoisotopic (exact) mass is 460 g/mol. The number of amides is 5. The minimum absolute atomic E-state index is 0.0181. The maximum Gasteiger partial charge on any atom is 0.325 e. The van der Waals surface area contributed by atoms with Crippen molar-refractivity contribution in [2.45, 2.75) is 43.7 Å². The highest BCUT2D eigenvalue weighted by atomic mass is 16.2. The van der Waals surface area contributed by atoms with Gasteiger partial charge in [0, 0.05) is 24.7 Å². The van der Waals surface area contributed by atoms with Crippen LogP contribution in [0.2, 0.25) is 0 Å². The molecule has 2 aromatic carbocycles. The lowest BCUT2D eigenvalue weighted by Crippen LogP contribution is -2.50. The Morgan fingerprint density at radius 3 is 2.47 bits per heavy atom. The van der Waals surface area contributed by atoms with E-state index in [9.17, 15) is 19.2 Å². The summed E-state index contributed by atoms with van der Waals surface area (Å²) in [5, 5.41) is 5.92. The summed E-state index contributed by atoms with van der Waals surface area (Å²) in [5.74, 6) is -0.719. The predicted octanol–water partition coefficient (Wildman–Crippen LogP) is 2.19. The summed E-state index contributed by atoms with van der Waals surface area (Å²) in [5.41, 5.74) is 1.44. The second kappa shape index (κ2) is 8.93. The second-order valence-electron chi connectivity index (χ2n) is 9.23. The van der Waals surface area contributed by atoms with Gasteiger partial charge in [0.05, 0.1) is 0 Å². The fourth-order valence-electron chi connectivity index (χ4n) is 5.32. The van der Waals surface area contributed by atoms with Crippen molar-refractivity contribution in [1.29, 1.82) is 0 Å². The van der Waals surface area contributed by atoms with Crippen LogP contribution in [0.4, 0.5) is 4.79 Å². The average molecular weight is 461 g/mol. The van der Waals surface area contributed by atoms with Crippen molar-refractivity contribution in [3.63, 3.8) is 0 Å². The molecule has 2 N–H and O–H groups in total. The largest absolute Gasteiger partial charge is 0.349 e. The van der Waals surface area contributed by atoms with Crippen molar-refractivity contribution < 1.29 is 19.2 Å². The molecule has 1 spiro atoms. The van der Waals surface area contributed by atoms with Crippen molar-refractivity contribution in [2.24, 2.45) is 0 Å². The number of likely N-dealkylation sites (tertiary alicyclic amines) is 1. The van der Waals surface area contributed by atoms with Gasteiger partial charge in [-0.05, 0) is 55.4 Å². The number of imide groups is 1. The zero-order valence-electron chi connectivity index (χ0n) is 19.0. The van der Waals surface area contributed by atoms with E-state index in [1.807, 2.05) is 42.5 Å². The summed E-state index contributed by atoms with van der Waals surface area (Å²) in [6, 6.07) is 16.2. The maximum atomic E-state index is 13.4. The SMILES string of the molecule is O=C(NC1CCN(C(=O)CN2C(=O)N[C@]3(CCCc4ccccc43)C2=O)CC1)c1ccccc1. The van der Waals surface area contributed by atoms with Gasteiger partial charge in [-0.3, -0.25) is 19.3 Å². The van der Waals surface area contributed by atoms with Gasteiger partial charge in [0.1, 0.15) is 12.1 Å². The summed E-state index contributed by atoms with van der Waals surface area (Å²) in [7, 11) is 0. The Morgan fingerprint density at radius 2 is 1.71 bits per heavy atom. The van der Waals surface area contributed by atoms with Gasteiger partial charge >= 0.3 is 6.03 Å². The zero-order valence-corrected chi connectivity index (χ0v) is 19.0. The Kier molecular flexibility index (Phi) is 5.81. The molecule has 8 nitrogen and oxygen atoms in total. The molecule has 0 radical (unpaired) electrons. The van der Waals surface area contributed by atoms with E-state index in [4.69, 9.17) is 0 Å². The summed E-state index contributed by atoms with van der Waals surface area (Å²) < 4.78 is 0. The smallest absolute Gasteiger partial charge is 0.325 e. The molecule has 0 aromatic heterocycles. The van der Waals surface area contributed by atoms with Crippen LogP contribution in [0.3, 0.4) is 0 Å². The number of rotatable bonds is 4. The summed E-state index contributed by atoms with van der Waals surface area (Å²) in [6.07, 6.45) is 3.46. The van der Waals surface area contributed by atoms with Crippen LogP contribution in [0.5, 0.6) is 0 Å². The first-order valence-electron chi connectivity index (χ1n) is 11.8. The highest BCUT2D eigenvalue weighted by Gasteiger charge is 2.54. The van der Waals surface area contributed by atoms with Crippen molar-refractivity contribution in [2.75, 3.05) is 19.6 Å². The Hall–Kier alpha value is -3.68. The fourth-order valence-corrected chi connectivity index (χ4v) is 5.32. The molecule has 1 atom stereocenters. The molecule has 0 bridgehead atoms. The third kappa shape index (κ3) is 3.93. The molecule has 34 heavy (non-hydrogen) atoms. The van der Waals surface area contributed by atoms with E-state index in [0.717, 1.165) is 28.9 Å². The van der Waals surface area contributed by atoms with Gasteiger partial charge in [-0.15, -0.1) is 0 Å². The fraction of sp³-hybridized carbons (Fsp3) is 0.385. The van der Waals surface area contributed by atoms with Gasteiger partial charge in [0.2, 0.25) is 5.91 Å². The lowest BCUT2D eigenvalue weighted by atomic mass is 9.76. The zero-order chi connectivity index (χ0) is 23.7. The number of benzene rings is 2. The van der Waals surface area contributed by atoms with Crippen LogP contribution in [0.15, 0.2) is 54.6 Å². The number of fused-ring (bicyclic) bond motifs is 2. The number of hydrogen-bond donors (Lipinski definition) is 2. The first-order chi connectivity index (χ1) is 16.5. The number of hydrogen-bond acceptors (Lipinski definition) is 4. The number of nitrogens with one attached hydrogen (secondary N) is 2. The molecule has 0 unspecified atom stereocenters. The van der Waals surface area contributed by atoms with Crippen molar-refractivity contribution in [3.8, 4) is 0 Å². The van der Waals surface area contributed by atoms with Crippen LogP contribution in [-0.2, 0) is 21.5 Å². The molecule has 2 fully saturated rings. The number of aryl methyl sites for hydroxylation is 1. The highest BCUT2D eigenvalue weighted by Crippen LogP contribution is 2.39. The number of carbonyl (C=O) groups excluding carboxylic acids is 4. The van der Waals surface area contributed by atoms with Crippen LogP contribution in [0, 0.1) is 0 Å². The molecule has 8 heteroatoms. The molecule has 176 valence electrons. The van der Waals surface area contributed by atoms with Crippen LogP contribution in [-0.4, -0.2) is 59.2 Å². The molecular weight excluding hydrogens is 432 g/mol. The Balaban J connectivity index is 1.19. The van der Waals surface area contributed by atoms with E-state index in [-0.39, 0.29) is 30.3 Å². The lowest BCUT2D eigenvalue weighted by molar-refractivity contribution is -0.140. The normalized spacial score (nSPS) is 22.5. The van der Waals surface area contributed by atoms with E-state index < -0.39 is 11.6 Å². The van der Waals surface area contributed by atoms with Gasteiger partial charge in [-0.25, -0.2) is 4.79 Å². The van der Waals surface area contributed by atoms with E-state index in [1.165, 1.54) is 0 Å². The molecule has 2 aliphatic heterocycles. The summed E-state index contributed by atoms with van der Waals surface area (Å²) >= 11 is 0. The molecule has 5 amide bonds. The van der Waals surface area contributed by atoms with E-state index in [2.05, 4.69) is 10.6 Å². The van der Waals surface area contributed by atoms with Gasteiger partial charge in [-0.2, -0.15) is 0 Å². The van der Waals surface area contributed by atoms with Gasteiger partial charge in [0.15, 0.2) is 0 Å². The molecule has 2 aromatic rings. The molecule has 1 aliphatic carbocycles. The highest BCUT2D eigenvalue weighted by molar-refractivity contribution is 6.09. The topological polar surface area (TPSA) is 98.8 Å². The van der Waals surface area contributed by atoms with E-state index >= 15 is 0 Å². The third-order valence-electron chi connectivity index (χ3n) is 7.16. The summed E-state index contributed by atoms with van der Waals surface area (Å²) in [4.78, 5) is 54.3. The quantitative estimate of drug-likeness (QED) is 0.684. The van der Waals surface area contributed by atoms with Crippen molar-refractivity contribution in [1.82, 2.24) is 20.4 Å².